The Morgan fingerprint density at radius 3 is 2.33 bits per heavy atom. The van der Waals surface area contributed by atoms with Crippen LogP contribution in [0.4, 0.5) is 0 Å². The van der Waals surface area contributed by atoms with Crippen molar-refractivity contribution in [2.75, 3.05) is 6.54 Å². The molecule has 0 fully saturated rings. The van der Waals surface area contributed by atoms with Crippen molar-refractivity contribution in [3.63, 3.8) is 0 Å². The molecule has 5 heteroatoms. The van der Waals surface area contributed by atoms with E-state index >= 15 is 0 Å². The van der Waals surface area contributed by atoms with E-state index in [2.05, 4.69) is 0 Å². The lowest BCUT2D eigenvalue weighted by Gasteiger charge is -2.07. The van der Waals surface area contributed by atoms with Crippen molar-refractivity contribution < 1.29 is 10.0 Å². The maximum absolute atomic E-state index is 8.44. The zero-order chi connectivity index (χ0) is 7.28. The molecule has 0 aliphatic carbocycles. The van der Waals surface area contributed by atoms with Crippen LogP contribution in [0, 0.1) is 0 Å². The van der Waals surface area contributed by atoms with E-state index in [1.807, 2.05) is 0 Å². The van der Waals surface area contributed by atoms with Crippen molar-refractivity contribution in [2.24, 2.45) is 11.5 Å². The average molecular weight is 132 g/mol. The van der Waals surface area contributed by atoms with Crippen LogP contribution >= 0.6 is 0 Å². The molecule has 0 radical (unpaired) electrons. The average Bonchev–Trinajstić information content (AvgIpc) is 1.82. The lowest BCUT2D eigenvalue weighted by molar-refractivity contribution is 0.381. The van der Waals surface area contributed by atoms with Gasteiger partial charge >= 0.3 is 7.12 Å². The molecule has 0 aromatic carbocycles. The van der Waals surface area contributed by atoms with Crippen LogP contribution in [0.5, 0.6) is 0 Å². The van der Waals surface area contributed by atoms with Gasteiger partial charge in [0.15, 0.2) is 0 Å². The highest BCUT2D eigenvalue weighted by Gasteiger charge is 2.16. The first-order valence-electron chi connectivity index (χ1n) is 3.00. The molecule has 0 amide bonds. The molecule has 0 saturated carbocycles. The Kier molecular flexibility index (Phi) is 4.70. The smallest absolute Gasteiger partial charge is 0.426 e. The zero-order valence-electron chi connectivity index (χ0n) is 5.33. The van der Waals surface area contributed by atoms with Crippen molar-refractivity contribution in [2.45, 2.75) is 18.8 Å². The molecule has 0 spiro atoms. The Labute approximate surface area is 55.0 Å². The lowest BCUT2D eigenvalue weighted by Crippen LogP contribution is -2.39. The van der Waals surface area contributed by atoms with E-state index in [9.17, 15) is 0 Å². The van der Waals surface area contributed by atoms with Crippen molar-refractivity contribution in [1.29, 1.82) is 0 Å². The highest BCUT2D eigenvalue weighted by atomic mass is 16.4. The molecule has 0 saturated heterocycles. The number of hydrogen-bond donors (Lipinski definition) is 4. The topological polar surface area (TPSA) is 92.5 Å². The third kappa shape index (κ3) is 4.41. The van der Waals surface area contributed by atoms with Gasteiger partial charge in [0.05, 0.1) is 0 Å². The molecule has 0 aliphatic rings. The van der Waals surface area contributed by atoms with Crippen molar-refractivity contribution >= 4 is 7.12 Å². The van der Waals surface area contributed by atoms with Crippen LogP contribution in [0.3, 0.4) is 0 Å². The van der Waals surface area contributed by atoms with Gasteiger partial charge in [-0.15, -0.1) is 0 Å². The van der Waals surface area contributed by atoms with E-state index in [0.29, 0.717) is 13.0 Å². The Morgan fingerprint density at radius 1 is 1.44 bits per heavy atom. The summed E-state index contributed by atoms with van der Waals surface area (Å²) in [7, 11) is -1.41. The van der Waals surface area contributed by atoms with Gasteiger partial charge in [-0.05, 0) is 19.4 Å². The van der Waals surface area contributed by atoms with Crippen molar-refractivity contribution in [3.8, 4) is 0 Å². The summed E-state index contributed by atoms with van der Waals surface area (Å²) in [4.78, 5) is 0. The molecule has 0 rings (SSSR count). The summed E-state index contributed by atoms with van der Waals surface area (Å²) in [6.07, 6.45) is 1.30. The first-order chi connectivity index (χ1) is 4.18. The van der Waals surface area contributed by atoms with E-state index in [1.165, 1.54) is 0 Å². The van der Waals surface area contributed by atoms with Gasteiger partial charge in [-0.25, -0.2) is 0 Å². The van der Waals surface area contributed by atoms with Crippen molar-refractivity contribution in [3.05, 3.63) is 0 Å². The molecule has 1 atom stereocenters. The van der Waals surface area contributed by atoms with Gasteiger partial charge in [-0.2, -0.15) is 0 Å². The number of rotatable bonds is 4. The highest BCUT2D eigenvalue weighted by molar-refractivity contribution is 6.43. The van der Waals surface area contributed by atoms with Gasteiger partial charge in [0.25, 0.3) is 0 Å². The van der Waals surface area contributed by atoms with Gasteiger partial charge in [0.1, 0.15) is 0 Å². The molecule has 54 valence electrons. The molecule has 0 aromatic heterocycles. The van der Waals surface area contributed by atoms with E-state index in [4.69, 9.17) is 21.5 Å². The fraction of sp³-hybridized carbons (Fsp3) is 1.00. The third-order valence-electron chi connectivity index (χ3n) is 1.12. The van der Waals surface area contributed by atoms with Gasteiger partial charge in [0, 0.05) is 5.94 Å². The second-order valence-electron chi connectivity index (χ2n) is 2.01. The third-order valence-corrected chi connectivity index (χ3v) is 1.12. The summed E-state index contributed by atoms with van der Waals surface area (Å²) in [6.45, 7) is 0.542. The zero-order valence-corrected chi connectivity index (χ0v) is 5.33. The number of nitrogens with two attached hydrogens (primary N) is 2. The molecule has 0 bridgehead atoms. The Balaban J connectivity index is 3.16. The first-order valence-corrected chi connectivity index (χ1v) is 3.00. The molecule has 0 aliphatic heterocycles. The summed E-state index contributed by atoms with van der Waals surface area (Å²) in [5.41, 5.74) is 10.4. The predicted octanol–water partition coefficient (Wildman–Crippen LogP) is -1.94. The SMILES string of the molecule is NCCC[C@H](N)B(O)O. The van der Waals surface area contributed by atoms with Crippen LogP contribution in [-0.2, 0) is 0 Å². The van der Waals surface area contributed by atoms with Crippen LogP contribution in [0.1, 0.15) is 12.8 Å². The van der Waals surface area contributed by atoms with E-state index < -0.39 is 13.1 Å². The summed E-state index contributed by atoms with van der Waals surface area (Å²) < 4.78 is 0. The lowest BCUT2D eigenvalue weighted by atomic mass is 9.78. The maximum atomic E-state index is 8.44. The van der Waals surface area contributed by atoms with Crippen LogP contribution in [-0.4, -0.2) is 29.7 Å². The van der Waals surface area contributed by atoms with Crippen molar-refractivity contribution in [1.82, 2.24) is 0 Å². The molecular weight excluding hydrogens is 119 g/mol. The molecule has 0 heterocycles. The van der Waals surface area contributed by atoms with E-state index in [1.54, 1.807) is 0 Å². The van der Waals surface area contributed by atoms with Crippen LogP contribution in [0.2, 0.25) is 0 Å². The van der Waals surface area contributed by atoms with Crippen LogP contribution in [0.15, 0.2) is 0 Å². The summed E-state index contributed by atoms with van der Waals surface area (Å²) >= 11 is 0. The highest BCUT2D eigenvalue weighted by Crippen LogP contribution is 1.92. The predicted molar refractivity (Wildman–Crippen MR) is 36.5 cm³/mol. The molecule has 6 N–H and O–H groups in total. The summed E-state index contributed by atoms with van der Waals surface area (Å²) in [5, 5.41) is 16.9. The molecule has 4 nitrogen and oxygen atoms in total. The number of hydrogen-bond acceptors (Lipinski definition) is 4. The van der Waals surface area contributed by atoms with E-state index in [0.717, 1.165) is 6.42 Å². The maximum Gasteiger partial charge on any atom is 0.469 e. The molecule has 9 heavy (non-hydrogen) atoms. The van der Waals surface area contributed by atoms with Crippen LogP contribution in [0.25, 0.3) is 0 Å². The summed E-state index contributed by atoms with van der Waals surface area (Å²) in [6, 6.07) is 0. The summed E-state index contributed by atoms with van der Waals surface area (Å²) in [5.74, 6) is -0.548. The largest absolute Gasteiger partial charge is 0.469 e. The van der Waals surface area contributed by atoms with Gasteiger partial charge < -0.3 is 21.5 Å². The fourth-order valence-corrected chi connectivity index (χ4v) is 0.503. The first kappa shape index (κ1) is 8.90. The minimum Gasteiger partial charge on any atom is -0.426 e. The minimum atomic E-state index is -1.41. The molecule has 0 unspecified atom stereocenters. The standard InChI is InChI=1S/C4H13BN2O2/c6-3-1-2-4(7)5(8)9/h4,8-9H,1-3,6-7H2/t4-/m0/s1. The quantitative estimate of drug-likeness (QED) is 0.335. The minimum absolute atomic E-state index is 0.542. The fourth-order valence-electron chi connectivity index (χ4n) is 0.503. The van der Waals surface area contributed by atoms with Gasteiger partial charge in [-0.3, -0.25) is 0 Å². The monoisotopic (exact) mass is 132 g/mol. The normalized spacial score (nSPS) is 13.3. The van der Waals surface area contributed by atoms with Crippen LogP contribution < -0.4 is 11.5 Å². The molecule has 0 aromatic rings. The second kappa shape index (κ2) is 4.75. The second-order valence-corrected chi connectivity index (χ2v) is 2.01. The van der Waals surface area contributed by atoms with E-state index in [-0.39, 0.29) is 0 Å². The van der Waals surface area contributed by atoms with Gasteiger partial charge in [-0.1, -0.05) is 0 Å². The van der Waals surface area contributed by atoms with Gasteiger partial charge in [0.2, 0.25) is 0 Å². The Hall–Kier alpha value is -0.0951. The Morgan fingerprint density at radius 2 is 2.00 bits per heavy atom. The Bertz CT molecular complexity index is 71.6. The molecular formula is C4H13BN2O2.